The SMILES string of the molecule is Cc1ccc(NCCC(N)C(=O)O)cc1C. The number of nitrogens with two attached hydrogens (primary N) is 1. The molecule has 1 unspecified atom stereocenters. The summed E-state index contributed by atoms with van der Waals surface area (Å²) in [7, 11) is 0. The minimum absolute atomic E-state index is 0.419. The molecule has 4 heteroatoms. The second-order valence-corrected chi connectivity index (χ2v) is 3.96. The Morgan fingerprint density at radius 2 is 2.12 bits per heavy atom. The molecule has 16 heavy (non-hydrogen) atoms. The van der Waals surface area contributed by atoms with Gasteiger partial charge in [0.2, 0.25) is 0 Å². The Morgan fingerprint density at radius 3 is 2.69 bits per heavy atom. The van der Waals surface area contributed by atoms with E-state index in [1.54, 1.807) is 0 Å². The van der Waals surface area contributed by atoms with Crippen LogP contribution in [0.5, 0.6) is 0 Å². The van der Waals surface area contributed by atoms with E-state index in [0.717, 1.165) is 5.69 Å². The van der Waals surface area contributed by atoms with Crippen LogP contribution in [0.1, 0.15) is 17.5 Å². The van der Waals surface area contributed by atoms with E-state index < -0.39 is 12.0 Å². The fourth-order valence-electron chi connectivity index (χ4n) is 1.35. The summed E-state index contributed by atoms with van der Waals surface area (Å²) in [6.45, 7) is 4.67. The number of benzene rings is 1. The monoisotopic (exact) mass is 222 g/mol. The number of nitrogens with one attached hydrogen (secondary N) is 1. The van der Waals surface area contributed by atoms with E-state index in [-0.39, 0.29) is 0 Å². The van der Waals surface area contributed by atoms with E-state index in [4.69, 9.17) is 10.8 Å². The summed E-state index contributed by atoms with van der Waals surface area (Å²) in [6, 6.07) is 5.27. The molecular weight excluding hydrogens is 204 g/mol. The molecule has 0 radical (unpaired) electrons. The van der Waals surface area contributed by atoms with Crippen LogP contribution < -0.4 is 11.1 Å². The molecule has 0 amide bonds. The second-order valence-electron chi connectivity index (χ2n) is 3.96. The van der Waals surface area contributed by atoms with Crippen LogP contribution in [0.25, 0.3) is 0 Å². The number of rotatable bonds is 5. The Balaban J connectivity index is 2.43. The van der Waals surface area contributed by atoms with E-state index in [1.165, 1.54) is 11.1 Å². The first kappa shape index (κ1) is 12.5. The van der Waals surface area contributed by atoms with E-state index in [9.17, 15) is 4.79 Å². The Hall–Kier alpha value is -1.55. The van der Waals surface area contributed by atoms with Gasteiger partial charge in [-0.2, -0.15) is 0 Å². The van der Waals surface area contributed by atoms with Crippen molar-refractivity contribution in [1.29, 1.82) is 0 Å². The van der Waals surface area contributed by atoms with E-state index >= 15 is 0 Å². The standard InChI is InChI=1S/C12H18N2O2/c1-8-3-4-10(7-9(8)2)14-6-5-11(13)12(15)16/h3-4,7,11,14H,5-6,13H2,1-2H3,(H,15,16). The third-order valence-corrected chi connectivity index (χ3v) is 2.61. The van der Waals surface area contributed by atoms with Crippen molar-refractivity contribution in [3.05, 3.63) is 29.3 Å². The van der Waals surface area contributed by atoms with Crippen LogP contribution in [0.4, 0.5) is 5.69 Å². The molecule has 0 fully saturated rings. The lowest BCUT2D eigenvalue weighted by Crippen LogP contribution is -2.32. The summed E-state index contributed by atoms with van der Waals surface area (Å²) in [5.74, 6) is -0.957. The van der Waals surface area contributed by atoms with Crippen LogP contribution in [0.3, 0.4) is 0 Å². The summed E-state index contributed by atoms with van der Waals surface area (Å²) in [5.41, 5.74) is 8.85. The first-order valence-corrected chi connectivity index (χ1v) is 5.30. The molecule has 1 rings (SSSR count). The lowest BCUT2D eigenvalue weighted by molar-refractivity contribution is -0.138. The summed E-state index contributed by atoms with van der Waals surface area (Å²) >= 11 is 0. The number of hydrogen-bond acceptors (Lipinski definition) is 3. The van der Waals surface area contributed by atoms with Crippen molar-refractivity contribution in [1.82, 2.24) is 0 Å². The highest BCUT2D eigenvalue weighted by Crippen LogP contribution is 2.13. The highest BCUT2D eigenvalue weighted by Gasteiger charge is 2.09. The molecule has 1 aromatic rings. The third-order valence-electron chi connectivity index (χ3n) is 2.61. The van der Waals surface area contributed by atoms with Crippen molar-refractivity contribution in [2.75, 3.05) is 11.9 Å². The molecule has 0 aromatic heterocycles. The molecule has 1 aromatic carbocycles. The molecule has 0 aliphatic carbocycles. The Labute approximate surface area is 95.5 Å². The number of carboxylic acid groups (broad SMARTS) is 1. The summed E-state index contributed by atoms with van der Waals surface area (Å²) in [4.78, 5) is 10.5. The first-order chi connectivity index (χ1) is 7.50. The quantitative estimate of drug-likeness (QED) is 0.706. The molecule has 0 aliphatic rings. The average Bonchev–Trinajstić information content (AvgIpc) is 2.23. The zero-order chi connectivity index (χ0) is 12.1. The van der Waals surface area contributed by atoms with Gasteiger partial charge < -0.3 is 16.2 Å². The van der Waals surface area contributed by atoms with Gasteiger partial charge in [-0.3, -0.25) is 4.79 Å². The molecular formula is C12H18N2O2. The van der Waals surface area contributed by atoms with Crippen LogP contribution in [0.2, 0.25) is 0 Å². The zero-order valence-corrected chi connectivity index (χ0v) is 9.66. The molecule has 0 spiro atoms. The van der Waals surface area contributed by atoms with Gasteiger partial charge in [-0.05, 0) is 43.5 Å². The highest BCUT2D eigenvalue weighted by atomic mass is 16.4. The number of hydrogen-bond donors (Lipinski definition) is 3. The number of carboxylic acids is 1. The largest absolute Gasteiger partial charge is 0.480 e. The minimum Gasteiger partial charge on any atom is -0.480 e. The maximum atomic E-state index is 10.5. The van der Waals surface area contributed by atoms with Crippen molar-refractivity contribution < 1.29 is 9.90 Å². The third kappa shape index (κ3) is 3.55. The van der Waals surface area contributed by atoms with E-state index in [0.29, 0.717) is 13.0 Å². The van der Waals surface area contributed by atoms with Crippen LogP contribution in [-0.2, 0) is 4.79 Å². The molecule has 4 N–H and O–H groups in total. The highest BCUT2D eigenvalue weighted by molar-refractivity contribution is 5.73. The maximum Gasteiger partial charge on any atom is 0.320 e. The van der Waals surface area contributed by atoms with Crippen molar-refractivity contribution in [2.24, 2.45) is 5.73 Å². The fourth-order valence-corrected chi connectivity index (χ4v) is 1.35. The average molecular weight is 222 g/mol. The van der Waals surface area contributed by atoms with Gasteiger partial charge in [-0.25, -0.2) is 0 Å². The maximum absolute atomic E-state index is 10.5. The van der Waals surface area contributed by atoms with Crippen LogP contribution in [-0.4, -0.2) is 23.7 Å². The van der Waals surface area contributed by atoms with Gasteiger partial charge in [0.1, 0.15) is 6.04 Å². The molecule has 0 heterocycles. The number of anilines is 1. The zero-order valence-electron chi connectivity index (χ0n) is 9.66. The Kier molecular flexibility index (Phi) is 4.31. The van der Waals surface area contributed by atoms with E-state index in [1.807, 2.05) is 25.1 Å². The number of aliphatic carboxylic acids is 1. The van der Waals surface area contributed by atoms with Crippen molar-refractivity contribution in [2.45, 2.75) is 26.3 Å². The number of carbonyl (C=O) groups is 1. The second kappa shape index (κ2) is 5.51. The molecule has 0 saturated carbocycles. The van der Waals surface area contributed by atoms with Gasteiger partial charge in [0.25, 0.3) is 0 Å². The van der Waals surface area contributed by atoms with Gasteiger partial charge in [0, 0.05) is 12.2 Å². The Morgan fingerprint density at radius 1 is 1.44 bits per heavy atom. The minimum atomic E-state index is -0.957. The smallest absolute Gasteiger partial charge is 0.320 e. The van der Waals surface area contributed by atoms with Gasteiger partial charge in [-0.1, -0.05) is 6.07 Å². The molecule has 4 nitrogen and oxygen atoms in total. The Bertz CT molecular complexity index is 377. The van der Waals surface area contributed by atoms with Crippen molar-refractivity contribution >= 4 is 11.7 Å². The van der Waals surface area contributed by atoms with Crippen molar-refractivity contribution in [3.63, 3.8) is 0 Å². The lowest BCUT2D eigenvalue weighted by Gasteiger charge is -2.10. The van der Waals surface area contributed by atoms with Crippen LogP contribution in [0, 0.1) is 13.8 Å². The van der Waals surface area contributed by atoms with Crippen LogP contribution in [0.15, 0.2) is 18.2 Å². The molecule has 0 aliphatic heterocycles. The van der Waals surface area contributed by atoms with Gasteiger partial charge >= 0.3 is 5.97 Å². The normalized spacial score (nSPS) is 12.2. The number of aryl methyl sites for hydroxylation is 2. The molecule has 1 atom stereocenters. The predicted molar refractivity (Wildman–Crippen MR) is 64.6 cm³/mol. The summed E-state index contributed by atoms with van der Waals surface area (Å²) in [6.07, 6.45) is 0.419. The van der Waals surface area contributed by atoms with Gasteiger partial charge in [0.15, 0.2) is 0 Å². The van der Waals surface area contributed by atoms with Crippen molar-refractivity contribution in [3.8, 4) is 0 Å². The van der Waals surface area contributed by atoms with Gasteiger partial charge in [-0.15, -0.1) is 0 Å². The molecule has 88 valence electrons. The summed E-state index contributed by atoms with van der Waals surface area (Å²) in [5, 5.41) is 11.8. The topological polar surface area (TPSA) is 75.3 Å². The first-order valence-electron chi connectivity index (χ1n) is 5.30. The molecule has 0 bridgehead atoms. The fraction of sp³-hybridized carbons (Fsp3) is 0.417. The van der Waals surface area contributed by atoms with E-state index in [2.05, 4.69) is 12.2 Å². The van der Waals surface area contributed by atoms with Crippen LogP contribution >= 0.6 is 0 Å². The lowest BCUT2D eigenvalue weighted by atomic mass is 10.1. The molecule has 0 saturated heterocycles. The predicted octanol–water partition coefficient (Wildman–Crippen LogP) is 1.52. The summed E-state index contributed by atoms with van der Waals surface area (Å²) < 4.78 is 0. The van der Waals surface area contributed by atoms with Gasteiger partial charge in [0.05, 0.1) is 0 Å².